The van der Waals surface area contributed by atoms with Gasteiger partial charge in [0.05, 0.1) is 0 Å². The Balaban J connectivity index is 2.21. The van der Waals surface area contributed by atoms with Crippen LogP contribution in [0, 0.1) is 0 Å². The molecule has 0 bridgehead atoms. The molecule has 2 rings (SSSR count). The molecule has 5 heteroatoms. The van der Waals surface area contributed by atoms with E-state index in [0.29, 0.717) is 13.1 Å². The number of carbonyl (C=O) groups is 1. The van der Waals surface area contributed by atoms with Crippen molar-refractivity contribution in [2.24, 2.45) is 0 Å². The van der Waals surface area contributed by atoms with Crippen molar-refractivity contribution in [3.8, 4) is 0 Å². The minimum Gasteiger partial charge on any atom is -0.367 e. The number of hydrogen-bond acceptors (Lipinski definition) is 3. The molecule has 1 N–H and O–H groups in total. The molecule has 5 nitrogen and oxygen atoms in total. The van der Waals surface area contributed by atoms with Gasteiger partial charge in [-0.2, -0.15) is 0 Å². The Kier molecular flexibility index (Phi) is 4.07. The van der Waals surface area contributed by atoms with Crippen LogP contribution in [0.15, 0.2) is 47.8 Å². The van der Waals surface area contributed by atoms with Crippen molar-refractivity contribution in [3.05, 3.63) is 64.3 Å². The van der Waals surface area contributed by atoms with Gasteiger partial charge in [0, 0.05) is 43.9 Å². The number of nitrogens with one attached hydrogen (secondary N) is 1. The third-order valence-corrected chi connectivity index (χ3v) is 2.85. The standard InChI is InChI=1S/C14H15N3O2/c1-2-17(10-11-3-6-15-7-4-11)14(19)12-9-16-8-5-13(12)18/h3-9H,2,10H2,1H3,(H,16,18). The van der Waals surface area contributed by atoms with Crippen molar-refractivity contribution >= 4 is 5.91 Å². The van der Waals surface area contributed by atoms with E-state index >= 15 is 0 Å². The lowest BCUT2D eigenvalue weighted by atomic mass is 10.2. The third-order valence-electron chi connectivity index (χ3n) is 2.85. The highest BCUT2D eigenvalue weighted by Gasteiger charge is 2.16. The molecule has 0 aromatic carbocycles. The average molecular weight is 257 g/mol. The Morgan fingerprint density at radius 1 is 1.32 bits per heavy atom. The molecule has 98 valence electrons. The minimum atomic E-state index is -0.267. The van der Waals surface area contributed by atoms with Crippen molar-refractivity contribution in [2.45, 2.75) is 13.5 Å². The minimum absolute atomic E-state index is 0.165. The predicted molar refractivity (Wildman–Crippen MR) is 71.7 cm³/mol. The number of nitrogens with zero attached hydrogens (tertiary/aromatic N) is 2. The zero-order valence-corrected chi connectivity index (χ0v) is 10.7. The molecular weight excluding hydrogens is 242 g/mol. The van der Waals surface area contributed by atoms with Gasteiger partial charge in [-0.3, -0.25) is 14.6 Å². The van der Waals surface area contributed by atoms with Crippen molar-refractivity contribution < 1.29 is 4.79 Å². The van der Waals surface area contributed by atoms with Gasteiger partial charge < -0.3 is 9.88 Å². The molecule has 19 heavy (non-hydrogen) atoms. The quantitative estimate of drug-likeness (QED) is 0.901. The van der Waals surface area contributed by atoms with Crippen LogP contribution >= 0.6 is 0 Å². The molecule has 0 aliphatic rings. The second kappa shape index (κ2) is 5.95. The Morgan fingerprint density at radius 2 is 2.05 bits per heavy atom. The second-order valence-corrected chi connectivity index (χ2v) is 4.10. The van der Waals surface area contributed by atoms with Crippen LogP contribution in [0.4, 0.5) is 0 Å². The van der Waals surface area contributed by atoms with Crippen LogP contribution < -0.4 is 5.43 Å². The van der Waals surface area contributed by atoms with Gasteiger partial charge in [-0.1, -0.05) is 0 Å². The van der Waals surface area contributed by atoms with Crippen molar-refractivity contribution in [1.82, 2.24) is 14.9 Å². The third kappa shape index (κ3) is 3.07. The molecule has 0 atom stereocenters. The predicted octanol–water partition coefficient (Wildman–Crippen LogP) is 1.43. The van der Waals surface area contributed by atoms with E-state index in [9.17, 15) is 9.59 Å². The summed E-state index contributed by atoms with van der Waals surface area (Å²) >= 11 is 0. The Hall–Kier alpha value is -2.43. The van der Waals surface area contributed by atoms with Crippen LogP contribution in [0.5, 0.6) is 0 Å². The maximum atomic E-state index is 12.3. The molecule has 2 heterocycles. The lowest BCUT2D eigenvalue weighted by Gasteiger charge is -2.20. The number of rotatable bonds is 4. The summed E-state index contributed by atoms with van der Waals surface area (Å²) < 4.78 is 0. The van der Waals surface area contributed by atoms with E-state index in [1.165, 1.54) is 18.5 Å². The van der Waals surface area contributed by atoms with Crippen molar-refractivity contribution in [2.75, 3.05) is 6.54 Å². The SMILES string of the molecule is CCN(Cc1ccncc1)C(=O)c1c[nH]ccc1=O. The zero-order chi connectivity index (χ0) is 13.7. The smallest absolute Gasteiger partial charge is 0.259 e. The first-order valence-electron chi connectivity index (χ1n) is 6.07. The van der Waals surface area contributed by atoms with Gasteiger partial charge in [0.15, 0.2) is 5.43 Å². The number of aromatic amines is 1. The van der Waals surface area contributed by atoms with Gasteiger partial charge in [0.2, 0.25) is 0 Å². The summed E-state index contributed by atoms with van der Waals surface area (Å²) in [4.78, 5) is 32.3. The summed E-state index contributed by atoms with van der Waals surface area (Å²) in [5.41, 5.74) is 0.882. The molecule has 1 amide bonds. The van der Waals surface area contributed by atoms with Gasteiger partial charge in [-0.25, -0.2) is 0 Å². The first-order chi connectivity index (χ1) is 9.22. The molecular formula is C14H15N3O2. The molecule has 2 aromatic rings. The number of pyridine rings is 2. The van der Waals surface area contributed by atoms with E-state index in [1.54, 1.807) is 17.3 Å². The van der Waals surface area contributed by atoms with Crippen LogP contribution in [-0.2, 0) is 6.54 Å². The topological polar surface area (TPSA) is 66.1 Å². The number of hydrogen-bond donors (Lipinski definition) is 1. The first kappa shape index (κ1) is 13.0. The van der Waals surface area contributed by atoms with Crippen molar-refractivity contribution in [1.29, 1.82) is 0 Å². The van der Waals surface area contributed by atoms with E-state index in [1.807, 2.05) is 19.1 Å². The lowest BCUT2D eigenvalue weighted by Crippen LogP contribution is -2.33. The van der Waals surface area contributed by atoms with Gasteiger partial charge in [0.1, 0.15) is 5.56 Å². The lowest BCUT2D eigenvalue weighted by molar-refractivity contribution is 0.0751. The fourth-order valence-corrected chi connectivity index (χ4v) is 1.79. The summed E-state index contributed by atoms with van der Waals surface area (Å²) in [5.74, 6) is -0.263. The first-order valence-corrected chi connectivity index (χ1v) is 6.07. The van der Waals surface area contributed by atoms with E-state index in [0.717, 1.165) is 5.56 Å². The molecule has 0 aliphatic heterocycles. The van der Waals surface area contributed by atoms with Gasteiger partial charge >= 0.3 is 0 Å². The van der Waals surface area contributed by atoms with Gasteiger partial charge in [0.25, 0.3) is 5.91 Å². The Morgan fingerprint density at radius 3 is 2.68 bits per heavy atom. The highest BCUT2D eigenvalue weighted by molar-refractivity contribution is 5.93. The van der Waals surface area contributed by atoms with Crippen LogP contribution in [0.3, 0.4) is 0 Å². The molecule has 0 saturated heterocycles. The molecule has 0 unspecified atom stereocenters. The van der Waals surface area contributed by atoms with Gasteiger partial charge in [-0.15, -0.1) is 0 Å². The van der Waals surface area contributed by atoms with Crippen LogP contribution in [-0.4, -0.2) is 27.3 Å². The molecule has 0 fully saturated rings. The number of carbonyl (C=O) groups excluding carboxylic acids is 1. The zero-order valence-electron chi connectivity index (χ0n) is 10.7. The number of amides is 1. The van der Waals surface area contributed by atoms with E-state index in [2.05, 4.69) is 9.97 Å². The van der Waals surface area contributed by atoms with Gasteiger partial charge in [-0.05, 0) is 24.6 Å². The second-order valence-electron chi connectivity index (χ2n) is 4.10. The molecule has 2 aromatic heterocycles. The van der Waals surface area contributed by atoms with E-state index in [-0.39, 0.29) is 16.9 Å². The van der Waals surface area contributed by atoms with E-state index in [4.69, 9.17) is 0 Å². The summed E-state index contributed by atoms with van der Waals surface area (Å²) in [7, 11) is 0. The fraction of sp³-hybridized carbons (Fsp3) is 0.214. The maximum absolute atomic E-state index is 12.3. The molecule has 0 aliphatic carbocycles. The number of H-pyrrole nitrogens is 1. The highest BCUT2D eigenvalue weighted by atomic mass is 16.2. The van der Waals surface area contributed by atoms with Crippen LogP contribution in [0.25, 0.3) is 0 Å². The number of aromatic nitrogens is 2. The average Bonchev–Trinajstić information content (AvgIpc) is 2.46. The highest BCUT2D eigenvalue weighted by Crippen LogP contribution is 2.06. The monoisotopic (exact) mass is 257 g/mol. The van der Waals surface area contributed by atoms with Crippen molar-refractivity contribution in [3.63, 3.8) is 0 Å². The molecule has 0 saturated carbocycles. The van der Waals surface area contributed by atoms with E-state index < -0.39 is 0 Å². The maximum Gasteiger partial charge on any atom is 0.259 e. The molecule has 0 spiro atoms. The van der Waals surface area contributed by atoms with Crippen LogP contribution in [0.2, 0.25) is 0 Å². The van der Waals surface area contributed by atoms with Crippen LogP contribution in [0.1, 0.15) is 22.8 Å². The summed E-state index contributed by atoms with van der Waals surface area (Å²) in [6.07, 6.45) is 6.32. The normalized spacial score (nSPS) is 10.2. The largest absolute Gasteiger partial charge is 0.367 e. The summed E-state index contributed by atoms with van der Waals surface area (Å²) in [6, 6.07) is 5.06. The summed E-state index contributed by atoms with van der Waals surface area (Å²) in [6.45, 7) is 2.89. The molecule has 0 radical (unpaired) electrons. The Bertz CT molecular complexity index is 607. The Labute approximate surface area is 110 Å². The summed E-state index contributed by atoms with van der Waals surface area (Å²) in [5, 5.41) is 0. The fourth-order valence-electron chi connectivity index (χ4n) is 1.79.